The summed E-state index contributed by atoms with van der Waals surface area (Å²) in [6.45, 7) is 2.17. The van der Waals surface area contributed by atoms with Gasteiger partial charge in [-0.3, -0.25) is 9.69 Å². The van der Waals surface area contributed by atoms with Crippen LogP contribution in [-0.2, 0) is 9.53 Å². The molecule has 1 aliphatic rings. The Morgan fingerprint density at radius 3 is 2.94 bits per heavy atom. The van der Waals surface area contributed by atoms with Crippen LogP contribution in [0.4, 0.5) is 0 Å². The number of carbonyl (C=O) groups is 1. The number of carboxylic acids is 1. The Labute approximate surface area is 106 Å². The van der Waals surface area contributed by atoms with Crippen molar-refractivity contribution in [2.75, 3.05) is 26.3 Å². The molecule has 0 aromatic heterocycles. The Bertz CT molecular complexity index is 416. The Kier molecular flexibility index (Phi) is 4.50. The molecular formula is C14H17NO3. The van der Waals surface area contributed by atoms with E-state index < -0.39 is 12.0 Å². The molecule has 1 N–H and O–H groups in total. The highest BCUT2D eigenvalue weighted by molar-refractivity contribution is 5.73. The predicted octanol–water partition coefficient (Wildman–Crippen LogP) is 1.49. The number of carboxylic acid groups (broad SMARTS) is 1. The first kappa shape index (κ1) is 12.8. The van der Waals surface area contributed by atoms with Gasteiger partial charge in [-0.15, -0.1) is 0 Å². The van der Waals surface area contributed by atoms with Crippen LogP contribution >= 0.6 is 0 Å². The van der Waals surface area contributed by atoms with Gasteiger partial charge in [0.15, 0.2) is 0 Å². The maximum Gasteiger partial charge on any atom is 0.323 e. The van der Waals surface area contributed by atoms with Gasteiger partial charge < -0.3 is 9.84 Å². The van der Waals surface area contributed by atoms with Gasteiger partial charge in [-0.1, -0.05) is 42.5 Å². The molecule has 1 unspecified atom stereocenters. The van der Waals surface area contributed by atoms with E-state index in [2.05, 4.69) is 0 Å². The molecule has 0 amide bonds. The molecule has 0 saturated carbocycles. The summed E-state index contributed by atoms with van der Waals surface area (Å²) in [7, 11) is 0. The second kappa shape index (κ2) is 6.33. The van der Waals surface area contributed by atoms with Crippen LogP contribution < -0.4 is 0 Å². The SMILES string of the molecule is O=C(O)C1COCCN1CC=Cc1ccccc1. The van der Waals surface area contributed by atoms with Gasteiger partial charge >= 0.3 is 5.97 Å². The third-order valence-electron chi connectivity index (χ3n) is 2.97. The lowest BCUT2D eigenvalue weighted by atomic mass is 10.2. The standard InChI is InChI=1S/C14H17NO3/c16-14(17)13-11-18-10-9-15(13)8-4-7-12-5-2-1-3-6-12/h1-7,13H,8-11H2,(H,16,17). The molecule has 0 aliphatic carbocycles. The van der Waals surface area contributed by atoms with Crippen molar-refractivity contribution >= 4 is 12.0 Å². The van der Waals surface area contributed by atoms with E-state index in [0.29, 0.717) is 19.7 Å². The van der Waals surface area contributed by atoms with Crippen molar-refractivity contribution in [3.05, 3.63) is 42.0 Å². The van der Waals surface area contributed by atoms with E-state index in [1.165, 1.54) is 0 Å². The van der Waals surface area contributed by atoms with Gasteiger partial charge in [-0.25, -0.2) is 0 Å². The first-order valence-electron chi connectivity index (χ1n) is 6.03. The number of nitrogens with zero attached hydrogens (tertiary/aromatic N) is 1. The van der Waals surface area contributed by atoms with Crippen molar-refractivity contribution in [3.63, 3.8) is 0 Å². The van der Waals surface area contributed by atoms with Crippen LogP contribution in [0.3, 0.4) is 0 Å². The van der Waals surface area contributed by atoms with Crippen LogP contribution in [0.25, 0.3) is 6.08 Å². The van der Waals surface area contributed by atoms with Crippen LogP contribution in [-0.4, -0.2) is 48.3 Å². The average Bonchev–Trinajstić information content (AvgIpc) is 2.40. The molecule has 1 atom stereocenters. The lowest BCUT2D eigenvalue weighted by Gasteiger charge is -2.31. The average molecular weight is 247 g/mol. The van der Waals surface area contributed by atoms with Gasteiger partial charge in [0.05, 0.1) is 13.2 Å². The topological polar surface area (TPSA) is 49.8 Å². The van der Waals surface area contributed by atoms with Gasteiger partial charge in [0.1, 0.15) is 6.04 Å². The van der Waals surface area contributed by atoms with E-state index in [-0.39, 0.29) is 6.61 Å². The smallest absolute Gasteiger partial charge is 0.323 e. The van der Waals surface area contributed by atoms with Gasteiger partial charge in [-0.2, -0.15) is 0 Å². The summed E-state index contributed by atoms with van der Waals surface area (Å²) in [4.78, 5) is 13.0. The number of hydrogen-bond donors (Lipinski definition) is 1. The van der Waals surface area contributed by atoms with E-state index in [9.17, 15) is 4.79 Å². The maximum atomic E-state index is 11.1. The highest BCUT2D eigenvalue weighted by atomic mass is 16.5. The maximum absolute atomic E-state index is 11.1. The fraction of sp³-hybridized carbons (Fsp3) is 0.357. The fourth-order valence-corrected chi connectivity index (χ4v) is 1.97. The molecule has 96 valence electrons. The van der Waals surface area contributed by atoms with Crippen molar-refractivity contribution in [1.29, 1.82) is 0 Å². The minimum atomic E-state index is -0.817. The zero-order chi connectivity index (χ0) is 12.8. The Hall–Kier alpha value is -1.65. The summed E-state index contributed by atoms with van der Waals surface area (Å²) >= 11 is 0. The zero-order valence-corrected chi connectivity index (χ0v) is 10.2. The van der Waals surface area contributed by atoms with E-state index >= 15 is 0 Å². The van der Waals surface area contributed by atoms with Crippen molar-refractivity contribution in [2.24, 2.45) is 0 Å². The molecule has 4 nitrogen and oxygen atoms in total. The second-order valence-electron chi connectivity index (χ2n) is 4.24. The minimum absolute atomic E-state index is 0.272. The summed E-state index contributed by atoms with van der Waals surface area (Å²) < 4.78 is 5.19. The third kappa shape index (κ3) is 3.42. The van der Waals surface area contributed by atoms with Crippen molar-refractivity contribution < 1.29 is 14.6 Å². The van der Waals surface area contributed by atoms with Crippen LogP contribution in [0.15, 0.2) is 36.4 Å². The molecule has 1 heterocycles. The van der Waals surface area contributed by atoms with Crippen molar-refractivity contribution in [3.8, 4) is 0 Å². The molecule has 1 saturated heterocycles. The molecule has 1 aliphatic heterocycles. The Morgan fingerprint density at radius 2 is 2.22 bits per heavy atom. The molecule has 1 aromatic rings. The predicted molar refractivity (Wildman–Crippen MR) is 69.3 cm³/mol. The lowest BCUT2D eigenvalue weighted by Crippen LogP contribution is -2.49. The fourth-order valence-electron chi connectivity index (χ4n) is 1.97. The highest BCUT2D eigenvalue weighted by Crippen LogP contribution is 2.08. The summed E-state index contributed by atoms with van der Waals surface area (Å²) in [6.07, 6.45) is 4.00. The normalized spacial score (nSPS) is 21.2. The van der Waals surface area contributed by atoms with Crippen LogP contribution in [0.1, 0.15) is 5.56 Å². The lowest BCUT2D eigenvalue weighted by molar-refractivity contribution is -0.149. The number of benzene rings is 1. The zero-order valence-electron chi connectivity index (χ0n) is 10.2. The number of hydrogen-bond acceptors (Lipinski definition) is 3. The molecule has 18 heavy (non-hydrogen) atoms. The molecule has 0 radical (unpaired) electrons. The van der Waals surface area contributed by atoms with E-state index in [1.54, 1.807) is 0 Å². The van der Waals surface area contributed by atoms with Crippen LogP contribution in [0.5, 0.6) is 0 Å². The Morgan fingerprint density at radius 1 is 1.44 bits per heavy atom. The first-order chi connectivity index (χ1) is 8.77. The minimum Gasteiger partial charge on any atom is -0.480 e. The second-order valence-corrected chi connectivity index (χ2v) is 4.24. The van der Waals surface area contributed by atoms with E-state index in [1.807, 2.05) is 47.4 Å². The molecule has 2 rings (SSSR count). The van der Waals surface area contributed by atoms with Gasteiger partial charge in [-0.05, 0) is 5.56 Å². The summed E-state index contributed by atoms with van der Waals surface area (Å²) in [5.74, 6) is -0.817. The Balaban J connectivity index is 1.92. The van der Waals surface area contributed by atoms with Crippen molar-refractivity contribution in [1.82, 2.24) is 4.90 Å². The molecule has 1 aromatic carbocycles. The monoisotopic (exact) mass is 247 g/mol. The molecule has 4 heteroatoms. The largest absolute Gasteiger partial charge is 0.480 e. The number of ether oxygens (including phenoxy) is 1. The molecule has 0 bridgehead atoms. The number of aliphatic carboxylic acids is 1. The summed E-state index contributed by atoms with van der Waals surface area (Å²) in [6, 6.07) is 9.44. The quantitative estimate of drug-likeness (QED) is 0.875. The third-order valence-corrected chi connectivity index (χ3v) is 2.97. The van der Waals surface area contributed by atoms with Crippen molar-refractivity contribution in [2.45, 2.75) is 6.04 Å². The number of morpholine rings is 1. The highest BCUT2D eigenvalue weighted by Gasteiger charge is 2.27. The van der Waals surface area contributed by atoms with Gasteiger partial charge in [0.2, 0.25) is 0 Å². The first-order valence-corrected chi connectivity index (χ1v) is 6.03. The van der Waals surface area contributed by atoms with Crippen LogP contribution in [0.2, 0.25) is 0 Å². The van der Waals surface area contributed by atoms with Gasteiger partial charge in [0.25, 0.3) is 0 Å². The van der Waals surface area contributed by atoms with E-state index in [0.717, 1.165) is 5.56 Å². The van der Waals surface area contributed by atoms with Crippen LogP contribution in [0, 0.1) is 0 Å². The van der Waals surface area contributed by atoms with Gasteiger partial charge in [0, 0.05) is 13.1 Å². The summed E-state index contributed by atoms with van der Waals surface area (Å²) in [5, 5.41) is 9.08. The molecule has 0 spiro atoms. The number of rotatable bonds is 4. The molecule has 1 fully saturated rings. The summed E-state index contributed by atoms with van der Waals surface area (Å²) in [5.41, 5.74) is 1.12. The van der Waals surface area contributed by atoms with E-state index in [4.69, 9.17) is 9.84 Å². The molecular weight excluding hydrogens is 230 g/mol.